The van der Waals surface area contributed by atoms with E-state index in [0.29, 0.717) is 21.2 Å². The van der Waals surface area contributed by atoms with E-state index in [1.807, 2.05) is 20.8 Å². The predicted octanol–water partition coefficient (Wildman–Crippen LogP) is 15.8. The molecule has 0 unspecified atom stereocenters. The molecule has 0 aliphatic carbocycles. The molecule has 268 valence electrons. The monoisotopic (exact) mass is 850 g/mol. The number of rotatable bonds is 4. The highest BCUT2D eigenvalue weighted by molar-refractivity contribution is 8.76. The molecule has 0 amide bonds. The molecular formula is C36H45Cl7O2S3. The van der Waals surface area contributed by atoms with Crippen molar-refractivity contribution in [2.45, 2.75) is 135 Å². The third-order valence-corrected chi connectivity index (χ3v) is 15.3. The van der Waals surface area contributed by atoms with Crippen LogP contribution >= 0.6 is 102 Å². The van der Waals surface area contributed by atoms with Crippen molar-refractivity contribution in [3.63, 3.8) is 0 Å². The molecule has 0 bridgehead atoms. The van der Waals surface area contributed by atoms with Crippen LogP contribution in [0.4, 0.5) is 0 Å². The van der Waals surface area contributed by atoms with Gasteiger partial charge in [-0.25, -0.2) is 8.42 Å². The molecule has 0 heterocycles. The first-order chi connectivity index (χ1) is 21.4. The molecule has 12 heteroatoms. The van der Waals surface area contributed by atoms with Crippen molar-refractivity contribution in [1.82, 2.24) is 0 Å². The Hall–Kier alpha value is 0.340. The van der Waals surface area contributed by atoms with E-state index in [1.165, 1.54) is 0 Å². The lowest BCUT2D eigenvalue weighted by Crippen LogP contribution is -2.16. The summed E-state index contributed by atoms with van der Waals surface area (Å²) in [5, 5.41) is 3.69. The maximum atomic E-state index is 11.6. The molecule has 0 spiro atoms. The first kappa shape index (κ1) is 44.5. The van der Waals surface area contributed by atoms with E-state index in [4.69, 9.17) is 80.3 Å². The van der Waals surface area contributed by atoms with Crippen LogP contribution in [0.5, 0.6) is 0 Å². The van der Waals surface area contributed by atoms with E-state index in [0.717, 1.165) is 68.8 Å². The van der Waals surface area contributed by atoms with Gasteiger partial charge in [0.1, 0.15) is 0 Å². The standard InChI is InChI=1S/C24H30Cl4S2.C12H15Cl3O2S/c1-11-17(25)15(23(5,6)7)18(26)12(2)21(11)29-30-22-13(3)19(27)16(24(8,9)10)20(28)14(22)4;1-6-9(13)8(12(3,4)5)10(14)7(2)11(6)18(15,16)17/h1-10H3;1-5H3. The van der Waals surface area contributed by atoms with Crippen LogP contribution in [0.2, 0.25) is 30.1 Å². The fourth-order valence-corrected chi connectivity index (χ4v) is 13.6. The summed E-state index contributed by atoms with van der Waals surface area (Å²) in [6.07, 6.45) is 0. The zero-order valence-corrected chi connectivity index (χ0v) is 37.9. The molecule has 0 fully saturated rings. The molecule has 3 rings (SSSR count). The Morgan fingerprint density at radius 2 is 0.604 bits per heavy atom. The molecule has 0 atom stereocenters. The third kappa shape index (κ3) is 9.28. The summed E-state index contributed by atoms with van der Waals surface area (Å²) in [6.45, 7) is 30.2. The zero-order chi connectivity index (χ0) is 37.8. The van der Waals surface area contributed by atoms with Gasteiger partial charge in [0, 0.05) is 40.6 Å². The number of hydrogen-bond acceptors (Lipinski definition) is 4. The van der Waals surface area contributed by atoms with Crippen LogP contribution in [0.3, 0.4) is 0 Å². The van der Waals surface area contributed by atoms with Crippen molar-refractivity contribution in [1.29, 1.82) is 0 Å². The summed E-state index contributed by atoms with van der Waals surface area (Å²) >= 11 is 39.6. The third-order valence-electron chi connectivity index (χ3n) is 8.04. The van der Waals surface area contributed by atoms with Crippen LogP contribution in [0.25, 0.3) is 0 Å². The molecule has 48 heavy (non-hydrogen) atoms. The second-order valence-corrected chi connectivity index (χ2v) is 22.0. The fourth-order valence-electron chi connectivity index (χ4n) is 5.53. The normalized spacial score (nSPS) is 12.7. The smallest absolute Gasteiger partial charge is 0.207 e. The molecule has 3 aromatic carbocycles. The maximum absolute atomic E-state index is 11.6. The topological polar surface area (TPSA) is 34.1 Å². The predicted molar refractivity (Wildman–Crippen MR) is 219 cm³/mol. The van der Waals surface area contributed by atoms with Crippen LogP contribution in [0.1, 0.15) is 112 Å². The van der Waals surface area contributed by atoms with Gasteiger partial charge in [0.2, 0.25) is 0 Å². The lowest BCUT2D eigenvalue weighted by molar-refractivity contribution is 0.587. The van der Waals surface area contributed by atoms with Crippen LogP contribution in [0, 0.1) is 41.5 Å². The van der Waals surface area contributed by atoms with Crippen LogP contribution < -0.4 is 0 Å². The second-order valence-electron chi connectivity index (χ2n) is 15.1. The summed E-state index contributed by atoms with van der Waals surface area (Å²) in [5.41, 5.74) is 7.32. The van der Waals surface area contributed by atoms with E-state index in [-0.39, 0.29) is 21.1 Å². The molecule has 0 aliphatic heterocycles. The maximum Gasteiger partial charge on any atom is 0.261 e. The number of benzene rings is 3. The van der Waals surface area contributed by atoms with Gasteiger partial charge in [0.15, 0.2) is 0 Å². The number of hydrogen-bond donors (Lipinski definition) is 0. The summed E-state index contributed by atoms with van der Waals surface area (Å²) in [5.74, 6) is 0. The Balaban J connectivity index is 0.000000379. The molecular weight excluding hydrogens is 809 g/mol. The molecule has 3 aromatic rings. The molecule has 0 saturated carbocycles. The van der Waals surface area contributed by atoms with Gasteiger partial charge in [0.25, 0.3) is 9.05 Å². The van der Waals surface area contributed by atoms with E-state index in [9.17, 15) is 8.42 Å². The minimum Gasteiger partial charge on any atom is -0.207 e. The largest absolute Gasteiger partial charge is 0.261 e. The number of halogens is 7. The summed E-state index contributed by atoms with van der Waals surface area (Å²) in [7, 11) is 4.89. The van der Waals surface area contributed by atoms with Gasteiger partial charge in [-0.05, 0) is 108 Å². The average molecular weight is 854 g/mol. The molecule has 0 saturated heterocycles. The fraction of sp³-hybridized carbons (Fsp3) is 0.500. The van der Waals surface area contributed by atoms with Crippen LogP contribution in [0.15, 0.2) is 14.7 Å². The lowest BCUT2D eigenvalue weighted by atomic mass is 9.85. The average Bonchev–Trinajstić information content (AvgIpc) is 2.89. The van der Waals surface area contributed by atoms with Gasteiger partial charge in [-0.15, -0.1) is 0 Å². The van der Waals surface area contributed by atoms with Crippen LogP contribution in [-0.4, -0.2) is 8.42 Å². The van der Waals surface area contributed by atoms with E-state index < -0.39 is 9.05 Å². The quantitative estimate of drug-likeness (QED) is 0.193. The molecule has 0 aromatic heterocycles. The van der Waals surface area contributed by atoms with Gasteiger partial charge < -0.3 is 0 Å². The van der Waals surface area contributed by atoms with Crippen molar-refractivity contribution < 1.29 is 8.42 Å². The van der Waals surface area contributed by atoms with Gasteiger partial charge in [-0.2, -0.15) is 0 Å². The highest BCUT2D eigenvalue weighted by Crippen LogP contribution is 2.52. The molecule has 0 N–H and O–H groups in total. The molecule has 2 nitrogen and oxygen atoms in total. The Labute approximate surface area is 331 Å². The summed E-state index contributed by atoms with van der Waals surface area (Å²) < 4.78 is 23.2. The minimum atomic E-state index is -3.87. The zero-order valence-electron chi connectivity index (χ0n) is 30.2. The van der Waals surface area contributed by atoms with Crippen molar-refractivity contribution in [3.05, 3.63) is 80.2 Å². The highest BCUT2D eigenvalue weighted by atomic mass is 35.7. The Bertz CT molecular complexity index is 1690. The molecule has 0 radical (unpaired) electrons. The summed E-state index contributed by atoms with van der Waals surface area (Å²) in [6, 6.07) is 0. The van der Waals surface area contributed by atoms with E-state index >= 15 is 0 Å². The Morgan fingerprint density at radius 3 is 0.771 bits per heavy atom. The van der Waals surface area contributed by atoms with Gasteiger partial charge in [-0.1, -0.05) is 154 Å². The minimum absolute atomic E-state index is 0.00664. The first-order valence-corrected chi connectivity index (χ1v) is 21.9. The van der Waals surface area contributed by atoms with Gasteiger partial charge in [0.05, 0.1) is 14.9 Å². The van der Waals surface area contributed by atoms with Crippen molar-refractivity contribution in [2.24, 2.45) is 0 Å². The lowest BCUT2D eigenvalue weighted by Gasteiger charge is -2.27. The SMILES string of the molecule is Cc1c(Cl)c(C(C)(C)C)c(Cl)c(C)c1S(=O)(=O)Cl.Cc1c(Cl)c(C(C)(C)C)c(Cl)c(C)c1SSc1c(C)c(Cl)c(C(C)(C)C)c(Cl)c1C. The van der Waals surface area contributed by atoms with E-state index in [2.05, 4.69) is 69.2 Å². The second kappa shape index (κ2) is 15.7. The van der Waals surface area contributed by atoms with Crippen molar-refractivity contribution in [3.8, 4) is 0 Å². The summed E-state index contributed by atoms with van der Waals surface area (Å²) in [4.78, 5) is 2.19. The van der Waals surface area contributed by atoms with Crippen molar-refractivity contribution in [2.75, 3.05) is 0 Å². The Kier molecular flexibility index (Phi) is 14.6. The van der Waals surface area contributed by atoms with Gasteiger partial charge in [-0.3, -0.25) is 0 Å². The van der Waals surface area contributed by atoms with Gasteiger partial charge >= 0.3 is 0 Å². The van der Waals surface area contributed by atoms with E-state index in [1.54, 1.807) is 35.4 Å². The first-order valence-electron chi connectivity index (χ1n) is 15.2. The highest BCUT2D eigenvalue weighted by Gasteiger charge is 2.31. The van der Waals surface area contributed by atoms with Crippen LogP contribution in [-0.2, 0) is 25.3 Å². The molecule has 0 aliphatic rings. The Morgan fingerprint density at radius 1 is 0.417 bits per heavy atom. The van der Waals surface area contributed by atoms with Crippen molar-refractivity contribution >= 4 is 111 Å².